The number of likely N-dealkylation sites (N-methyl/N-ethyl adjacent to an activating group) is 1. The molecule has 0 aliphatic rings. The second kappa shape index (κ2) is 8.03. The number of hydrogen-bond donors (Lipinski definition) is 1. The first-order valence-corrected chi connectivity index (χ1v) is 5.97. The lowest BCUT2D eigenvalue weighted by molar-refractivity contribution is 0.219. The molecule has 98 valence electrons. The Balaban J connectivity index is 1.96. The Kier molecular flexibility index (Phi) is 6.57. The Morgan fingerprint density at radius 2 is 2.00 bits per heavy atom. The Morgan fingerprint density at radius 1 is 1.24 bits per heavy atom. The monoisotopic (exact) mass is 244 g/mol. The molecular weight excluding hydrogens is 224 g/mol. The zero-order valence-electron chi connectivity index (χ0n) is 10.2. The maximum Gasteiger partial charge on any atom is 0.542 e. The number of hydrogen-bond acceptors (Lipinski definition) is 6. The van der Waals surface area contributed by atoms with Crippen LogP contribution in [0.1, 0.15) is 31.6 Å². The highest BCUT2D eigenvalue weighted by Crippen LogP contribution is 2.05. The minimum absolute atomic E-state index is 0.210. The van der Waals surface area contributed by atoms with E-state index in [2.05, 4.69) is 14.6 Å². The normalized spacial score (nSPS) is 11.2. The molecule has 1 heterocycles. The van der Waals surface area contributed by atoms with Crippen LogP contribution in [0.5, 0.6) is 0 Å². The van der Waals surface area contributed by atoms with Crippen molar-refractivity contribution in [3.05, 3.63) is 16.5 Å². The summed E-state index contributed by atoms with van der Waals surface area (Å²) in [6.45, 7) is 1.94. The Hall–Kier alpha value is -1.14. The van der Waals surface area contributed by atoms with Crippen molar-refractivity contribution in [2.45, 2.75) is 32.1 Å². The summed E-state index contributed by atoms with van der Waals surface area (Å²) in [5.41, 5.74) is 0. The van der Waals surface area contributed by atoms with Crippen LogP contribution in [-0.4, -0.2) is 41.9 Å². The summed E-state index contributed by atoms with van der Waals surface area (Å²) in [6.07, 6.45) is 4.90. The second-order valence-corrected chi connectivity index (χ2v) is 4.12. The highest BCUT2D eigenvalue weighted by atomic mass is 16.6. The number of aromatic nitrogens is 1. The van der Waals surface area contributed by atoms with Crippen LogP contribution in [0.2, 0.25) is 0 Å². The van der Waals surface area contributed by atoms with E-state index in [1.165, 1.54) is 0 Å². The lowest BCUT2D eigenvalue weighted by Crippen LogP contribution is -2.23. The first kappa shape index (κ1) is 13.9. The van der Waals surface area contributed by atoms with Crippen molar-refractivity contribution in [2.24, 2.45) is 0 Å². The predicted octanol–water partition coefficient (Wildman–Crippen LogP) is 0.655. The number of aliphatic hydroxyl groups is 1. The molecule has 0 unspecified atom stereocenters. The van der Waals surface area contributed by atoms with Crippen LogP contribution >= 0.6 is 0 Å². The summed E-state index contributed by atoms with van der Waals surface area (Å²) >= 11 is 0. The third-order valence-electron chi connectivity index (χ3n) is 2.59. The number of unbranched alkanes of at least 4 members (excludes halogenated alkanes) is 3. The molecule has 0 aliphatic carbocycles. The molecule has 6 heteroatoms. The quantitative estimate of drug-likeness (QED) is 0.643. The molecule has 17 heavy (non-hydrogen) atoms. The van der Waals surface area contributed by atoms with Crippen molar-refractivity contribution >= 4 is 0 Å². The fourth-order valence-electron chi connectivity index (χ4n) is 1.61. The van der Waals surface area contributed by atoms with E-state index in [0.29, 0.717) is 12.3 Å². The second-order valence-electron chi connectivity index (χ2n) is 4.12. The van der Waals surface area contributed by atoms with Gasteiger partial charge in [-0.15, -0.1) is 0 Å². The Labute approximate surface area is 100 Å². The fraction of sp³-hybridized carbons (Fsp3) is 0.818. The standard InChI is InChI=1S/C11H20N2O4/c1-13(8-9-14)7-5-3-2-4-6-10-12-17-11(15)16-10/h14H,2-9H2,1H3. The first-order valence-electron chi connectivity index (χ1n) is 5.97. The van der Waals surface area contributed by atoms with Crippen LogP contribution in [-0.2, 0) is 6.42 Å². The van der Waals surface area contributed by atoms with Crippen LogP contribution < -0.4 is 5.82 Å². The zero-order valence-corrected chi connectivity index (χ0v) is 10.2. The van der Waals surface area contributed by atoms with Gasteiger partial charge in [-0.25, -0.2) is 4.79 Å². The molecular formula is C11H20N2O4. The van der Waals surface area contributed by atoms with Crippen LogP contribution in [0.4, 0.5) is 0 Å². The van der Waals surface area contributed by atoms with Gasteiger partial charge in [0.15, 0.2) is 0 Å². The molecule has 0 bridgehead atoms. The number of aryl methyl sites for hydroxylation is 1. The molecule has 0 spiro atoms. The van der Waals surface area contributed by atoms with E-state index >= 15 is 0 Å². The van der Waals surface area contributed by atoms with Crippen molar-refractivity contribution < 1.29 is 14.0 Å². The molecule has 6 nitrogen and oxygen atoms in total. The SMILES string of the molecule is CN(CCO)CCCCCCc1noc(=O)o1. The van der Waals surface area contributed by atoms with Crippen molar-refractivity contribution in [3.63, 3.8) is 0 Å². The van der Waals surface area contributed by atoms with Gasteiger partial charge >= 0.3 is 5.82 Å². The van der Waals surface area contributed by atoms with Gasteiger partial charge in [-0.2, -0.15) is 0 Å². The van der Waals surface area contributed by atoms with E-state index in [1.54, 1.807) is 0 Å². The summed E-state index contributed by atoms with van der Waals surface area (Å²) in [5, 5.41) is 12.2. The van der Waals surface area contributed by atoms with Crippen molar-refractivity contribution in [1.29, 1.82) is 0 Å². The smallest absolute Gasteiger partial charge is 0.395 e. The maximum absolute atomic E-state index is 10.5. The van der Waals surface area contributed by atoms with Crippen molar-refractivity contribution in [3.8, 4) is 0 Å². The molecule has 0 saturated carbocycles. The summed E-state index contributed by atoms with van der Waals surface area (Å²) < 4.78 is 8.99. The molecule has 0 saturated heterocycles. The van der Waals surface area contributed by atoms with E-state index < -0.39 is 5.82 Å². The van der Waals surface area contributed by atoms with Crippen LogP contribution in [0.3, 0.4) is 0 Å². The summed E-state index contributed by atoms with van der Waals surface area (Å²) in [5.74, 6) is -0.349. The molecule has 0 fully saturated rings. The van der Waals surface area contributed by atoms with Gasteiger partial charge in [-0.05, 0) is 31.6 Å². The Morgan fingerprint density at radius 3 is 2.65 bits per heavy atom. The van der Waals surface area contributed by atoms with Gasteiger partial charge in [0.25, 0.3) is 0 Å². The molecule has 1 N–H and O–H groups in total. The largest absolute Gasteiger partial charge is 0.542 e. The third kappa shape index (κ3) is 6.23. The fourth-order valence-corrected chi connectivity index (χ4v) is 1.61. The van der Waals surface area contributed by atoms with Gasteiger partial charge < -0.3 is 14.4 Å². The Bertz CT molecular complexity index is 347. The molecule has 0 radical (unpaired) electrons. The van der Waals surface area contributed by atoms with E-state index in [-0.39, 0.29) is 6.61 Å². The topological polar surface area (TPSA) is 79.7 Å². The minimum Gasteiger partial charge on any atom is -0.395 e. The van der Waals surface area contributed by atoms with Crippen molar-refractivity contribution in [1.82, 2.24) is 10.1 Å². The highest BCUT2D eigenvalue weighted by molar-refractivity contribution is 4.70. The minimum atomic E-state index is -0.731. The molecule has 1 rings (SSSR count). The van der Waals surface area contributed by atoms with Gasteiger partial charge in [0.2, 0.25) is 5.89 Å². The number of aliphatic hydroxyl groups excluding tert-OH is 1. The van der Waals surface area contributed by atoms with Gasteiger partial charge in [0.1, 0.15) is 0 Å². The lowest BCUT2D eigenvalue weighted by atomic mass is 10.1. The first-order chi connectivity index (χ1) is 8.22. The summed E-state index contributed by atoms with van der Waals surface area (Å²) in [7, 11) is 2.00. The van der Waals surface area contributed by atoms with Gasteiger partial charge in [0.05, 0.1) is 6.61 Å². The summed E-state index contributed by atoms with van der Waals surface area (Å²) in [6, 6.07) is 0. The molecule has 0 atom stereocenters. The molecule has 0 aliphatic heterocycles. The molecule has 0 amide bonds. The molecule has 0 aromatic carbocycles. The van der Waals surface area contributed by atoms with Crippen LogP contribution in [0, 0.1) is 0 Å². The van der Waals surface area contributed by atoms with E-state index in [4.69, 9.17) is 9.52 Å². The average molecular weight is 244 g/mol. The zero-order chi connectivity index (χ0) is 12.5. The number of rotatable bonds is 9. The van der Waals surface area contributed by atoms with Crippen molar-refractivity contribution in [2.75, 3.05) is 26.7 Å². The van der Waals surface area contributed by atoms with Crippen LogP contribution in [0.25, 0.3) is 0 Å². The van der Waals surface area contributed by atoms with E-state index in [1.807, 2.05) is 7.05 Å². The van der Waals surface area contributed by atoms with E-state index in [9.17, 15) is 4.79 Å². The maximum atomic E-state index is 10.5. The van der Waals surface area contributed by atoms with Crippen LogP contribution in [0.15, 0.2) is 13.7 Å². The number of nitrogens with zero attached hydrogens (tertiary/aromatic N) is 2. The average Bonchev–Trinajstić information content (AvgIpc) is 2.70. The van der Waals surface area contributed by atoms with Gasteiger partial charge in [-0.1, -0.05) is 12.8 Å². The van der Waals surface area contributed by atoms with E-state index in [0.717, 1.165) is 38.8 Å². The van der Waals surface area contributed by atoms with Gasteiger partial charge in [-0.3, -0.25) is 4.52 Å². The third-order valence-corrected chi connectivity index (χ3v) is 2.59. The van der Waals surface area contributed by atoms with Gasteiger partial charge in [0, 0.05) is 13.0 Å². The molecule has 1 aromatic rings. The summed E-state index contributed by atoms with van der Waals surface area (Å²) in [4.78, 5) is 12.6. The predicted molar refractivity (Wildman–Crippen MR) is 61.8 cm³/mol. The molecule has 1 aromatic heterocycles. The highest BCUT2D eigenvalue weighted by Gasteiger charge is 2.02. The lowest BCUT2D eigenvalue weighted by Gasteiger charge is -2.14.